The highest BCUT2D eigenvalue weighted by molar-refractivity contribution is 9.10. The highest BCUT2D eigenvalue weighted by atomic mass is 79.9. The second-order valence-electron chi connectivity index (χ2n) is 6.41. The fraction of sp³-hybridized carbons (Fsp3) is 0.611. The maximum Gasteiger partial charge on any atom is 0.191 e. The van der Waals surface area contributed by atoms with Crippen LogP contribution < -0.4 is 10.6 Å². The summed E-state index contributed by atoms with van der Waals surface area (Å²) in [7, 11) is 5.65. The SMILES string of the molecule is CN=C(NCCN(C)CCOC)NCC1(c2ccccc2Br)CC1. The van der Waals surface area contributed by atoms with Gasteiger partial charge in [0.1, 0.15) is 0 Å². The molecule has 0 amide bonds. The lowest BCUT2D eigenvalue weighted by Gasteiger charge is -2.21. The van der Waals surface area contributed by atoms with E-state index in [4.69, 9.17) is 4.74 Å². The molecule has 1 aromatic carbocycles. The zero-order chi connectivity index (χ0) is 17.4. The second-order valence-corrected chi connectivity index (χ2v) is 7.26. The molecule has 0 bridgehead atoms. The monoisotopic (exact) mass is 396 g/mol. The van der Waals surface area contributed by atoms with Gasteiger partial charge < -0.3 is 20.3 Å². The number of rotatable bonds is 9. The molecule has 0 spiro atoms. The molecule has 24 heavy (non-hydrogen) atoms. The Balaban J connectivity index is 1.77. The molecule has 5 nitrogen and oxygen atoms in total. The number of methoxy groups -OCH3 is 1. The van der Waals surface area contributed by atoms with E-state index in [1.807, 2.05) is 7.05 Å². The number of hydrogen-bond acceptors (Lipinski definition) is 3. The molecule has 0 unspecified atom stereocenters. The number of halogens is 1. The van der Waals surface area contributed by atoms with E-state index in [9.17, 15) is 0 Å². The number of likely N-dealkylation sites (N-methyl/N-ethyl adjacent to an activating group) is 1. The third-order valence-electron chi connectivity index (χ3n) is 4.58. The lowest BCUT2D eigenvalue weighted by Crippen LogP contribution is -2.44. The quantitative estimate of drug-likeness (QED) is 0.496. The van der Waals surface area contributed by atoms with Crippen molar-refractivity contribution < 1.29 is 4.74 Å². The predicted molar refractivity (Wildman–Crippen MR) is 104 cm³/mol. The van der Waals surface area contributed by atoms with Gasteiger partial charge in [0, 0.05) is 50.2 Å². The predicted octanol–water partition coefficient (Wildman–Crippen LogP) is 2.22. The fourth-order valence-corrected chi connectivity index (χ4v) is 3.49. The van der Waals surface area contributed by atoms with E-state index < -0.39 is 0 Å². The minimum absolute atomic E-state index is 0.243. The summed E-state index contributed by atoms with van der Waals surface area (Å²) in [4.78, 5) is 6.58. The minimum Gasteiger partial charge on any atom is -0.383 e. The molecule has 0 saturated heterocycles. The smallest absolute Gasteiger partial charge is 0.191 e. The molecule has 1 aromatic rings. The lowest BCUT2D eigenvalue weighted by atomic mass is 9.96. The number of nitrogens with zero attached hydrogens (tertiary/aromatic N) is 2. The van der Waals surface area contributed by atoms with E-state index in [1.165, 1.54) is 22.9 Å². The van der Waals surface area contributed by atoms with Gasteiger partial charge in [-0.15, -0.1) is 0 Å². The Bertz CT molecular complexity index is 546. The van der Waals surface area contributed by atoms with Gasteiger partial charge in [-0.25, -0.2) is 0 Å². The molecule has 0 heterocycles. The summed E-state index contributed by atoms with van der Waals surface area (Å²) in [6.07, 6.45) is 2.44. The van der Waals surface area contributed by atoms with Crippen LogP contribution in [0.25, 0.3) is 0 Å². The van der Waals surface area contributed by atoms with Gasteiger partial charge in [-0.05, 0) is 31.5 Å². The number of hydrogen-bond donors (Lipinski definition) is 2. The molecule has 1 fully saturated rings. The van der Waals surface area contributed by atoms with E-state index in [0.29, 0.717) is 0 Å². The van der Waals surface area contributed by atoms with E-state index in [0.717, 1.165) is 38.7 Å². The Kier molecular flexibility index (Phi) is 7.52. The zero-order valence-corrected chi connectivity index (χ0v) is 16.5. The van der Waals surface area contributed by atoms with Gasteiger partial charge in [-0.1, -0.05) is 34.1 Å². The summed E-state index contributed by atoms with van der Waals surface area (Å²) in [5, 5.41) is 6.88. The van der Waals surface area contributed by atoms with Gasteiger partial charge in [0.15, 0.2) is 5.96 Å². The number of guanidine groups is 1. The van der Waals surface area contributed by atoms with Gasteiger partial charge in [0.05, 0.1) is 6.61 Å². The average Bonchev–Trinajstić information content (AvgIpc) is 3.37. The van der Waals surface area contributed by atoms with Crippen molar-refractivity contribution in [1.29, 1.82) is 0 Å². The van der Waals surface area contributed by atoms with Crippen molar-refractivity contribution in [1.82, 2.24) is 15.5 Å². The van der Waals surface area contributed by atoms with Crippen LogP contribution in [0.4, 0.5) is 0 Å². The van der Waals surface area contributed by atoms with Crippen molar-refractivity contribution >= 4 is 21.9 Å². The molecule has 2 N–H and O–H groups in total. The van der Waals surface area contributed by atoms with E-state index in [-0.39, 0.29) is 5.41 Å². The molecule has 1 aliphatic rings. The normalized spacial score (nSPS) is 16.3. The molecule has 0 radical (unpaired) electrons. The Morgan fingerprint density at radius 1 is 1.29 bits per heavy atom. The molecule has 2 rings (SSSR count). The van der Waals surface area contributed by atoms with Crippen molar-refractivity contribution in [3.63, 3.8) is 0 Å². The van der Waals surface area contributed by atoms with Crippen molar-refractivity contribution in [2.24, 2.45) is 4.99 Å². The lowest BCUT2D eigenvalue weighted by molar-refractivity contribution is 0.162. The maximum absolute atomic E-state index is 5.09. The first-order valence-electron chi connectivity index (χ1n) is 8.48. The standard InChI is InChI=1S/C18H29BrN4O/c1-20-17(21-10-11-23(2)12-13-24-3)22-14-18(8-9-18)15-6-4-5-7-16(15)19/h4-7H,8-14H2,1-3H3,(H2,20,21,22). The summed E-state index contributed by atoms with van der Waals surface area (Å²) < 4.78 is 6.29. The molecule has 6 heteroatoms. The van der Waals surface area contributed by atoms with Crippen LogP contribution in [0.1, 0.15) is 18.4 Å². The van der Waals surface area contributed by atoms with Crippen molar-refractivity contribution in [3.05, 3.63) is 34.3 Å². The largest absolute Gasteiger partial charge is 0.383 e. The van der Waals surface area contributed by atoms with Crippen LogP contribution in [0.2, 0.25) is 0 Å². The van der Waals surface area contributed by atoms with E-state index in [2.05, 4.69) is 67.8 Å². The third-order valence-corrected chi connectivity index (χ3v) is 5.27. The number of ether oxygens (including phenoxy) is 1. The minimum atomic E-state index is 0.243. The highest BCUT2D eigenvalue weighted by Gasteiger charge is 2.45. The average molecular weight is 397 g/mol. The first-order valence-corrected chi connectivity index (χ1v) is 9.27. The fourth-order valence-electron chi connectivity index (χ4n) is 2.78. The van der Waals surface area contributed by atoms with Crippen LogP contribution in [-0.2, 0) is 10.2 Å². The molecule has 0 aliphatic heterocycles. The van der Waals surface area contributed by atoms with Crippen LogP contribution in [0.5, 0.6) is 0 Å². The van der Waals surface area contributed by atoms with E-state index >= 15 is 0 Å². The van der Waals surface area contributed by atoms with Gasteiger partial charge in [-0.2, -0.15) is 0 Å². The number of benzene rings is 1. The Morgan fingerprint density at radius 2 is 2.04 bits per heavy atom. The number of aliphatic imine (C=N–C) groups is 1. The second kappa shape index (κ2) is 9.39. The summed E-state index contributed by atoms with van der Waals surface area (Å²) in [6, 6.07) is 8.53. The highest BCUT2D eigenvalue weighted by Crippen LogP contribution is 2.49. The van der Waals surface area contributed by atoms with Crippen LogP contribution >= 0.6 is 15.9 Å². The molecule has 0 aromatic heterocycles. The summed E-state index contributed by atoms with van der Waals surface area (Å²) >= 11 is 3.69. The van der Waals surface area contributed by atoms with Gasteiger partial charge in [0.2, 0.25) is 0 Å². The van der Waals surface area contributed by atoms with E-state index in [1.54, 1.807) is 7.11 Å². The van der Waals surface area contributed by atoms with Crippen molar-refractivity contribution in [2.45, 2.75) is 18.3 Å². The summed E-state index contributed by atoms with van der Waals surface area (Å²) in [6.45, 7) is 4.43. The molecule has 1 aliphatic carbocycles. The van der Waals surface area contributed by atoms with Gasteiger partial charge in [-0.3, -0.25) is 4.99 Å². The summed E-state index contributed by atoms with van der Waals surface area (Å²) in [5.41, 5.74) is 1.64. The third kappa shape index (κ3) is 5.46. The molecule has 0 atom stereocenters. The van der Waals surface area contributed by atoms with Crippen LogP contribution in [0.15, 0.2) is 33.7 Å². The first-order chi connectivity index (χ1) is 11.6. The molecule has 1 saturated carbocycles. The summed E-state index contributed by atoms with van der Waals surface area (Å²) in [5.74, 6) is 0.869. The zero-order valence-electron chi connectivity index (χ0n) is 14.9. The first kappa shape index (κ1) is 19.2. The van der Waals surface area contributed by atoms with Gasteiger partial charge in [0.25, 0.3) is 0 Å². The Hall–Kier alpha value is -1.11. The Labute approximate surface area is 154 Å². The van der Waals surface area contributed by atoms with Crippen LogP contribution in [0.3, 0.4) is 0 Å². The Morgan fingerprint density at radius 3 is 2.67 bits per heavy atom. The molecular weight excluding hydrogens is 368 g/mol. The van der Waals surface area contributed by atoms with Gasteiger partial charge >= 0.3 is 0 Å². The maximum atomic E-state index is 5.09. The van der Waals surface area contributed by atoms with Crippen molar-refractivity contribution in [3.8, 4) is 0 Å². The number of nitrogens with one attached hydrogen (secondary N) is 2. The topological polar surface area (TPSA) is 48.9 Å². The van der Waals surface area contributed by atoms with Crippen LogP contribution in [0, 0.1) is 0 Å². The molecular formula is C18H29BrN4O. The molecule has 134 valence electrons. The van der Waals surface area contributed by atoms with Crippen molar-refractivity contribution in [2.75, 3.05) is 54.0 Å². The van der Waals surface area contributed by atoms with Crippen LogP contribution in [-0.4, -0.2) is 64.9 Å².